The first-order chi connectivity index (χ1) is 16.5. The van der Waals surface area contributed by atoms with Crippen molar-refractivity contribution in [3.63, 3.8) is 0 Å². The normalized spacial score (nSPS) is 15.4. The molecule has 1 fully saturated rings. The predicted molar refractivity (Wildman–Crippen MR) is 125 cm³/mol. The Bertz CT molecular complexity index is 1180. The maximum atomic E-state index is 12.9. The Balaban J connectivity index is 0.000000868. The Morgan fingerprint density at radius 2 is 1.85 bits per heavy atom. The molecule has 3 aromatic rings. The fourth-order valence-electron chi connectivity index (χ4n) is 4.80. The van der Waals surface area contributed by atoms with Crippen LogP contribution >= 0.6 is 0 Å². The number of H-pyrrole nitrogens is 1. The number of para-hydroxylation sites is 2. The molecule has 5 rings (SSSR count). The zero-order valence-electron chi connectivity index (χ0n) is 19.4. The minimum atomic E-state index is -0.250. The Labute approximate surface area is 197 Å². The number of hydrogen-bond acceptors (Lipinski definition) is 5. The number of nitrogens with zero attached hydrogens (tertiary/aromatic N) is 5. The second-order valence-electron chi connectivity index (χ2n) is 8.60. The minimum absolute atomic E-state index is 0.0273. The topological polar surface area (TPSA) is 124 Å². The van der Waals surface area contributed by atoms with Crippen LogP contribution in [0.4, 0.5) is 0 Å². The van der Waals surface area contributed by atoms with Crippen LogP contribution in [0, 0.1) is 6.92 Å². The van der Waals surface area contributed by atoms with Gasteiger partial charge in [-0.05, 0) is 44.7 Å². The van der Waals surface area contributed by atoms with Crippen LogP contribution in [0.5, 0.6) is 0 Å². The van der Waals surface area contributed by atoms with Crippen molar-refractivity contribution < 1.29 is 19.5 Å². The smallest absolute Gasteiger partial charge is 0.290 e. The van der Waals surface area contributed by atoms with Gasteiger partial charge in [0.15, 0.2) is 5.69 Å². The maximum absolute atomic E-state index is 12.9. The summed E-state index contributed by atoms with van der Waals surface area (Å²) in [6, 6.07) is 8.01. The highest BCUT2D eigenvalue weighted by molar-refractivity contribution is 5.94. The number of aryl methyl sites for hydroxylation is 2. The first-order valence-electron chi connectivity index (χ1n) is 11.7. The van der Waals surface area contributed by atoms with Gasteiger partial charge in [-0.1, -0.05) is 12.1 Å². The standard InChI is InChI=1S/C23H28N6O2.CH2O2/c1-16-24-18-7-3-4-8-20(18)29(16)14-10-21(30)28-13-9-17-19(15-28)25-26-22(17)23(31)27-11-5-2-6-12-27;2-1-3/h3-4,7-8H,2,5-6,9-15H2,1H3,(H,25,26);1H,(H,2,3). The quantitative estimate of drug-likeness (QED) is 0.569. The average molecular weight is 467 g/mol. The lowest BCUT2D eigenvalue weighted by Gasteiger charge is -2.28. The molecular formula is C24H30N6O4. The van der Waals surface area contributed by atoms with Crippen LogP contribution in [0.15, 0.2) is 24.3 Å². The van der Waals surface area contributed by atoms with Gasteiger partial charge in [0.1, 0.15) is 5.82 Å². The molecule has 0 bridgehead atoms. The number of aromatic amines is 1. The summed E-state index contributed by atoms with van der Waals surface area (Å²) in [5.74, 6) is 1.06. The number of fused-ring (bicyclic) bond motifs is 2. The molecule has 2 N–H and O–H groups in total. The Morgan fingerprint density at radius 3 is 2.62 bits per heavy atom. The van der Waals surface area contributed by atoms with Gasteiger partial charge < -0.3 is 19.5 Å². The highest BCUT2D eigenvalue weighted by Gasteiger charge is 2.29. The van der Waals surface area contributed by atoms with E-state index in [9.17, 15) is 9.59 Å². The third-order valence-electron chi connectivity index (χ3n) is 6.53. The highest BCUT2D eigenvalue weighted by Crippen LogP contribution is 2.23. The van der Waals surface area contributed by atoms with Gasteiger partial charge in [0.2, 0.25) is 5.91 Å². The van der Waals surface area contributed by atoms with Crippen molar-refractivity contribution in [2.45, 2.75) is 52.1 Å². The van der Waals surface area contributed by atoms with E-state index in [1.165, 1.54) is 6.42 Å². The third kappa shape index (κ3) is 4.80. The Kier molecular flexibility index (Phi) is 7.24. The number of carbonyl (C=O) groups is 3. The predicted octanol–water partition coefficient (Wildman–Crippen LogP) is 2.37. The van der Waals surface area contributed by atoms with Crippen LogP contribution in [0.3, 0.4) is 0 Å². The zero-order chi connectivity index (χ0) is 24.1. The molecule has 2 aliphatic rings. The maximum Gasteiger partial charge on any atom is 0.290 e. The monoisotopic (exact) mass is 466 g/mol. The second-order valence-corrected chi connectivity index (χ2v) is 8.60. The van der Waals surface area contributed by atoms with Gasteiger partial charge in [-0.3, -0.25) is 19.5 Å². The largest absolute Gasteiger partial charge is 0.483 e. The SMILES string of the molecule is Cc1nc2ccccc2n1CCC(=O)N1CCc2c(C(=O)N3CCCCC3)n[nH]c2C1.O=CO. The van der Waals surface area contributed by atoms with Gasteiger partial charge in [-0.15, -0.1) is 0 Å². The number of nitrogens with one attached hydrogen (secondary N) is 1. The van der Waals surface area contributed by atoms with Gasteiger partial charge >= 0.3 is 0 Å². The fourth-order valence-corrected chi connectivity index (χ4v) is 4.80. The number of aromatic nitrogens is 4. The molecule has 0 unspecified atom stereocenters. The number of benzene rings is 1. The number of likely N-dealkylation sites (tertiary alicyclic amines) is 1. The van der Waals surface area contributed by atoms with E-state index in [4.69, 9.17) is 9.90 Å². The number of imidazole rings is 1. The van der Waals surface area contributed by atoms with Crippen molar-refractivity contribution in [1.82, 2.24) is 29.5 Å². The van der Waals surface area contributed by atoms with Crippen LogP contribution in [0.1, 0.15) is 53.3 Å². The van der Waals surface area contributed by atoms with Crippen LogP contribution in [-0.4, -0.2) is 72.6 Å². The second kappa shape index (κ2) is 10.5. The van der Waals surface area contributed by atoms with Crippen molar-refractivity contribution >= 4 is 29.3 Å². The van der Waals surface area contributed by atoms with Crippen molar-refractivity contribution in [2.24, 2.45) is 0 Å². The summed E-state index contributed by atoms with van der Waals surface area (Å²) in [4.78, 5) is 42.5. The van der Waals surface area contributed by atoms with E-state index in [-0.39, 0.29) is 18.3 Å². The van der Waals surface area contributed by atoms with Gasteiger partial charge in [0, 0.05) is 38.2 Å². The summed E-state index contributed by atoms with van der Waals surface area (Å²) in [5.41, 5.74) is 4.44. The van der Waals surface area contributed by atoms with E-state index in [0.717, 1.165) is 54.0 Å². The average Bonchev–Trinajstić information content (AvgIpc) is 3.42. The molecule has 2 amide bonds. The highest BCUT2D eigenvalue weighted by atomic mass is 16.3. The molecule has 0 atom stereocenters. The Hall–Kier alpha value is -3.69. The summed E-state index contributed by atoms with van der Waals surface area (Å²) in [6.45, 7) is 5.06. The zero-order valence-corrected chi connectivity index (χ0v) is 19.4. The molecule has 0 radical (unpaired) electrons. The number of carboxylic acid groups (broad SMARTS) is 1. The lowest BCUT2D eigenvalue weighted by molar-refractivity contribution is -0.132. The molecule has 0 spiro atoms. The van der Waals surface area contributed by atoms with E-state index in [2.05, 4.69) is 19.7 Å². The molecule has 1 saturated heterocycles. The molecule has 0 saturated carbocycles. The van der Waals surface area contributed by atoms with Crippen LogP contribution < -0.4 is 0 Å². The van der Waals surface area contributed by atoms with Crippen LogP contribution in [-0.2, 0) is 29.1 Å². The molecule has 10 heteroatoms. The number of hydrogen-bond donors (Lipinski definition) is 2. The summed E-state index contributed by atoms with van der Waals surface area (Å²) < 4.78 is 2.11. The number of rotatable bonds is 4. The van der Waals surface area contributed by atoms with Gasteiger partial charge in [-0.25, -0.2) is 4.98 Å². The van der Waals surface area contributed by atoms with E-state index in [0.29, 0.717) is 38.2 Å². The molecule has 2 aromatic heterocycles. The molecule has 0 aliphatic carbocycles. The number of piperidine rings is 1. The molecule has 34 heavy (non-hydrogen) atoms. The molecule has 4 heterocycles. The fraction of sp³-hybridized carbons (Fsp3) is 0.458. The first kappa shape index (κ1) is 23.5. The summed E-state index contributed by atoms with van der Waals surface area (Å²) >= 11 is 0. The van der Waals surface area contributed by atoms with E-state index in [1.807, 2.05) is 41.0 Å². The summed E-state index contributed by atoms with van der Waals surface area (Å²) in [5, 5.41) is 14.2. The van der Waals surface area contributed by atoms with Gasteiger partial charge in [0.05, 0.1) is 23.3 Å². The van der Waals surface area contributed by atoms with Crippen LogP contribution in [0.2, 0.25) is 0 Å². The molecular weight excluding hydrogens is 436 g/mol. The number of amides is 2. The van der Waals surface area contributed by atoms with E-state index in [1.54, 1.807) is 0 Å². The van der Waals surface area contributed by atoms with E-state index < -0.39 is 0 Å². The molecule has 180 valence electrons. The molecule has 2 aliphatic heterocycles. The van der Waals surface area contributed by atoms with Crippen LogP contribution in [0.25, 0.3) is 11.0 Å². The third-order valence-corrected chi connectivity index (χ3v) is 6.53. The lowest BCUT2D eigenvalue weighted by atomic mass is 10.0. The van der Waals surface area contributed by atoms with Gasteiger partial charge in [-0.2, -0.15) is 5.10 Å². The van der Waals surface area contributed by atoms with E-state index >= 15 is 0 Å². The first-order valence-corrected chi connectivity index (χ1v) is 11.7. The summed E-state index contributed by atoms with van der Waals surface area (Å²) in [7, 11) is 0. The Morgan fingerprint density at radius 1 is 1.12 bits per heavy atom. The molecule has 1 aromatic carbocycles. The minimum Gasteiger partial charge on any atom is -0.483 e. The van der Waals surface area contributed by atoms with Crippen molar-refractivity contribution in [3.8, 4) is 0 Å². The number of carbonyl (C=O) groups excluding carboxylic acids is 2. The van der Waals surface area contributed by atoms with Crippen molar-refractivity contribution in [2.75, 3.05) is 19.6 Å². The lowest BCUT2D eigenvalue weighted by Crippen LogP contribution is -2.38. The summed E-state index contributed by atoms with van der Waals surface area (Å²) in [6.07, 6.45) is 4.40. The molecule has 10 nitrogen and oxygen atoms in total. The van der Waals surface area contributed by atoms with Crippen molar-refractivity contribution in [3.05, 3.63) is 47.0 Å². The van der Waals surface area contributed by atoms with Crippen molar-refractivity contribution in [1.29, 1.82) is 0 Å². The van der Waals surface area contributed by atoms with Gasteiger partial charge in [0.25, 0.3) is 12.4 Å².